The molecule has 0 amide bonds. The van der Waals surface area contributed by atoms with E-state index in [2.05, 4.69) is 62.4 Å². The molecule has 0 spiro atoms. The molecule has 0 N–H and O–H groups in total. The van der Waals surface area contributed by atoms with E-state index in [4.69, 9.17) is 9.47 Å². The predicted octanol–water partition coefficient (Wildman–Crippen LogP) is 7.29. The molecule has 1 saturated carbocycles. The van der Waals surface area contributed by atoms with E-state index in [1.54, 1.807) is 0 Å². The van der Waals surface area contributed by atoms with Crippen molar-refractivity contribution in [1.82, 2.24) is 0 Å². The normalized spacial score (nSPS) is 27.7. The van der Waals surface area contributed by atoms with Crippen LogP contribution in [0.2, 0.25) is 0 Å². The summed E-state index contributed by atoms with van der Waals surface area (Å²) in [4.78, 5) is 0. The minimum Gasteiger partial charge on any atom is -0.373 e. The first-order valence-electron chi connectivity index (χ1n) is 11.7. The van der Waals surface area contributed by atoms with Crippen LogP contribution < -0.4 is 0 Å². The molecule has 0 unspecified atom stereocenters. The lowest BCUT2D eigenvalue weighted by atomic mass is 9.77. The zero-order valence-electron chi connectivity index (χ0n) is 18.1. The largest absolute Gasteiger partial charge is 0.373 e. The van der Waals surface area contributed by atoms with E-state index < -0.39 is 0 Å². The van der Waals surface area contributed by atoms with Gasteiger partial charge in [-0.1, -0.05) is 75.2 Å². The molecule has 2 aromatic rings. The minimum atomic E-state index is 0.0674. The van der Waals surface area contributed by atoms with Gasteiger partial charge in [0.2, 0.25) is 0 Å². The van der Waals surface area contributed by atoms with Crippen molar-refractivity contribution in [2.45, 2.75) is 76.9 Å². The molecule has 0 aromatic heterocycles. The van der Waals surface area contributed by atoms with Crippen molar-refractivity contribution < 1.29 is 9.47 Å². The molecule has 2 heteroatoms. The Kier molecular flexibility index (Phi) is 7.05. The van der Waals surface area contributed by atoms with E-state index in [9.17, 15) is 0 Å². The molecule has 4 rings (SSSR count). The van der Waals surface area contributed by atoms with Crippen LogP contribution >= 0.6 is 0 Å². The maximum atomic E-state index is 6.05. The highest BCUT2D eigenvalue weighted by molar-refractivity contribution is 5.64. The van der Waals surface area contributed by atoms with Crippen LogP contribution in [0.5, 0.6) is 0 Å². The van der Waals surface area contributed by atoms with E-state index in [-0.39, 0.29) is 12.2 Å². The highest BCUT2D eigenvalue weighted by Gasteiger charge is 2.23. The predicted molar refractivity (Wildman–Crippen MR) is 120 cm³/mol. The molecule has 156 valence electrons. The summed E-state index contributed by atoms with van der Waals surface area (Å²) in [5, 5.41) is 0. The smallest absolute Gasteiger partial charge is 0.106 e. The average molecular weight is 393 g/mol. The summed E-state index contributed by atoms with van der Waals surface area (Å²) < 4.78 is 12.0. The molecule has 29 heavy (non-hydrogen) atoms. The fraction of sp³-hybridized carbons (Fsp3) is 0.556. The molecular formula is C27H36O2. The van der Waals surface area contributed by atoms with Gasteiger partial charge in [0.05, 0.1) is 19.3 Å². The van der Waals surface area contributed by atoms with Crippen LogP contribution in [0, 0.1) is 5.92 Å². The molecule has 0 bridgehead atoms. The molecular weight excluding hydrogens is 356 g/mol. The Morgan fingerprint density at radius 1 is 0.724 bits per heavy atom. The van der Waals surface area contributed by atoms with Crippen LogP contribution in [0.3, 0.4) is 0 Å². The SMILES string of the molecule is CCC[C@H]1CO[C@H](c2ccc(-c3ccc([C@H]4CC[C@H](CC)CC4)cc3)cc2)CO1. The number of hydrogen-bond acceptors (Lipinski definition) is 2. The Hall–Kier alpha value is -1.64. The van der Waals surface area contributed by atoms with Gasteiger partial charge in [0.25, 0.3) is 0 Å². The van der Waals surface area contributed by atoms with Crippen LogP contribution in [0.25, 0.3) is 11.1 Å². The molecule has 2 atom stereocenters. The lowest BCUT2D eigenvalue weighted by Gasteiger charge is -2.29. The summed E-state index contributed by atoms with van der Waals surface area (Å²) in [6, 6.07) is 18.1. The topological polar surface area (TPSA) is 18.5 Å². The number of ether oxygens (including phenoxy) is 2. The maximum absolute atomic E-state index is 6.05. The number of hydrogen-bond donors (Lipinski definition) is 0. The summed E-state index contributed by atoms with van der Waals surface area (Å²) in [6.45, 7) is 5.90. The molecule has 1 saturated heterocycles. The third-order valence-corrected chi connectivity index (χ3v) is 7.00. The number of benzene rings is 2. The monoisotopic (exact) mass is 392 g/mol. The zero-order valence-corrected chi connectivity index (χ0v) is 18.1. The Morgan fingerprint density at radius 3 is 1.86 bits per heavy atom. The van der Waals surface area contributed by atoms with Crippen LogP contribution in [-0.4, -0.2) is 19.3 Å². The average Bonchev–Trinajstić information content (AvgIpc) is 2.80. The van der Waals surface area contributed by atoms with Gasteiger partial charge in [-0.05, 0) is 66.2 Å². The van der Waals surface area contributed by atoms with Crippen LogP contribution in [-0.2, 0) is 9.47 Å². The Balaban J connectivity index is 1.36. The van der Waals surface area contributed by atoms with Gasteiger partial charge < -0.3 is 9.47 Å². The lowest BCUT2D eigenvalue weighted by molar-refractivity contribution is -0.137. The van der Waals surface area contributed by atoms with Crippen molar-refractivity contribution in [2.75, 3.05) is 13.2 Å². The van der Waals surface area contributed by atoms with E-state index in [0.29, 0.717) is 13.2 Å². The Bertz CT molecular complexity index is 733. The van der Waals surface area contributed by atoms with Gasteiger partial charge in [-0.15, -0.1) is 0 Å². The summed E-state index contributed by atoms with van der Waals surface area (Å²) in [5.74, 6) is 1.72. The van der Waals surface area contributed by atoms with Gasteiger partial charge in [0, 0.05) is 0 Å². The fourth-order valence-corrected chi connectivity index (χ4v) is 4.97. The Morgan fingerprint density at radius 2 is 1.34 bits per heavy atom. The van der Waals surface area contributed by atoms with Gasteiger partial charge in [-0.2, -0.15) is 0 Å². The second-order valence-electron chi connectivity index (χ2n) is 8.94. The minimum absolute atomic E-state index is 0.0674. The zero-order chi connectivity index (χ0) is 20.1. The molecule has 0 radical (unpaired) electrons. The fourth-order valence-electron chi connectivity index (χ4n) is 4.97. The molecule has 2 aliphatic rings. The van der Waals surface area contributed by atoms with Gasteiger partial charge in [0.1, 0.15) is 6.10 Å². The summed E-state index contributed by atoms with van der Waals surface area (Å²) >= 11 is 0. The van der Waals surface area contributed by atoms with Crippen LogP contribution in [0.1, 0.15) is 81.9 Å². The summed E-state index contributed by atoms with van der Waals surface area (Å²) in [7, 11) is 0. The highest BCUT2D eigenvalue weighted by Crippen LogP contribution is 2.37. The summed E-state index contributed by atoms with van der Waals surface area (Å²) in [5.41, 5.74) is 5.31. The van der Waals surface area contributed by atoms with Crippen LogP contribution in [0.4, 0.5) is 0 Å². The molecule has 2 nitrogen and oxygen atoms in total. The standard InChI is InChI=1S/C27H36O2/c1-3-5-26-18-29-27(19-28-26)25-16-14-24(15-17-25)23-12-10-22(11-13-23)21-8-6-20(4-2)7-9-21/h10-17,20-21,26-27H,3-9,18-19H2,1-2H3/t20-,21-,26-,27-/m0/s1. The van der Waals surface area contributed by atoms with Gasteiger partial charge >= 0.3 is 0 Å². The van der Waals surface area contributed by atoms with E-state index in [1.807, 2.05) is 0 Å². The van der Waals surface area contributed by atoms with E-state index >= 15 is 0 Å². The van der Waals surface area contributed by atoms with Crippen molar-refractivity contribution in [2.24, 2.45) is 5.92 Å². The van der Waals surface area contributed by atoms with Crippen molar-refractivity contribution >= 4 is 0 Å². The van der Waals surface area contributed by atoms with Gasteiger partial charge in [0.15, 0.2) is 0 Å². The van der Waals surface area contributed by atoms with Gasteiger partial charge in [-0.3, -0.25) is 0 Å². The van der Waals surface area contributed by atoms with Crippen LogP contribution in [0.15, 0.2) is 48.5 Å². The first-order chi connectivity index (χ1) is 14.3. The maximum Gasteiger partial charge on any atom is 0.106 e. The molecule has 2 fully saturated rings. The van der Waals surface area contributed by atoms with Crippen molar-refractivity contribution in [3.63, 3.8) is 0 Å². The van der Waals surface area contributed by atoms with Crippen molar-refractivity contribution in [3.05, 3.63) is 59.7 Å². The van der Waals surface area contributed by atoms with Crippen molar-refractivity contribution in [1.29, 1.82) is 0 Å². The van der Waals surface area contributed by atoms with E-state index in [1.165, 1.54) is 54.4 Å². The lowest BCUT2D eigenvalue weighted by Crippen LogP contribution is -2.30. The first kappa shape index (κ1) is 20.6. The number of rotatable bonds is 6. The quantitative estimate of drug-likeness (QED) is 0.514. The second-order valence-corrected chi connectivity index (χ2v) is 8.94. The highest BCUT2D eigenvalue weighted by atomic mass is 16.6. The first-order valence-corrected chi connectivity index (χ1v) is 11.7. The molecule has 1 aliphatic heterocycles. The third kappa shape index (κ3) is 5.10. The molecule has 1 aliphatic carbocycles. The van der Waals surface area contributed by atoms with Gasteiger partial charge in [-0.25, -0.2) is 0 Å². The van der Waals surface area contributed by atoms with E-state index in [0.717, 1.165) is 24.7 Å². The third-order valence-electron chi connectivity index (χ3n) is 7.00. The second kappa shape index (κ2) is 9.91. The molecule has 2 aromatic carbocycles. The van der Waals surface area contributed by atoms with Crippen molar-refractivity contribution in [3.8, 4) is 11.1 Å². The summed E-state index contributed by atoms with van der Waals surface area (Å²) in [6.07, 6.45) is 9.42. The Labute approximate surface area is 176 Å². The molecule has 1 heterocycles.